The highest BCUT2D eigenvalue weighted by Crippen LogP contribution is 2.23. The Morgan fingerprint density at radius 1 is 1.41 bits per heavy atom. The number of hydrogen-bond donors (Lipinski definition) is 2. The van der Waals surface area contributed by atoms with E-state index in [4.69, 9.17) is 0 Å². The molecule has 1 heterocycles. The van der Waals surface area contributed by atoms with Crippen LogP contribution in [0.3, 0.4) is 0 Å². The summed E-state index contributed by atoms with van der Waals surface area (Å²) in [5.41, 5.74) is 0.340. The molecule has 1 saturated heterocycles. The first-order chi connectivity index (χ1) is 8.09. The van der Waals surface area contributed by atoms with Gasteiger partial charge in [0.1, 0.15) is 0 Å². The van der Waals surface area contributed by atoms with E-state index in [2.05, 4.69) is 31.0 Å². The van der Waals surface area contributed by atoms with Gasteiger partial charge in [0.15, 0.2) is 0 Å². The van der Waals surface area contributed by atoms with Gasteiger partial charge in [-0.15, -0.1) is 0 Å². The van der Waals surface area contributed by atoms with Crippen molar-refractivity contribution in [2.45, 2.75) is 52.6 Å². The second-order valence-electron chi connectivity index (χ2n) is 5.87. The largest absolute Gasteiger partial charge is 0.392 e. The Balaban J connectivity index is 2.37. The van der Waals surface area contributed by atoms with Crippen LogP contribution in [0.15, 0.2) is 0 Å². The van der Waals surface area contributed by atoms with Crippen LogP contribution in [0.5, 0.6) is 0 Å². The van der Waals surface area contributed by atoms with E-state index in [1.54, 1.807) is 0 Å². The van der Waals surface area contributed by atoms with Gasteiger partial charge in [-0.25, -0.2) is 0 Å². The maximum absolute atomic E-state index is 9.71. The summed E-state index contributed by atoms with van der Waals surface area (Å²) in [4.78, 5) is 2.44. The van der Waals surface area contributed by atoms with E-state index in [0.717, 1.165) is 45.6 Å². The maximum Gasteiger partial charge on any atom is 0.0667 e. The van der Waals surface area contributed by atoms with Gasteiger partial charge in [0.05, 0.1) is 6.10 Å². The lowest BCUT2D eigenvalue weighted by atomic mass is 9.86. The summed E-state index contributed by atoms with van der Waals surface area (Å²) in [6, 6.07) is 0. The molecule has 1 rings (SSSR count). The summed E-state index contributed by atoms with van der Waals surface area (Å²) in [7, 11) is 0. The van der Waals surface area contributed by atoms with Crippen molar-refractivity contribution in [3.05, 3.63) is 0 Å². The molecule has 1 fully saturated rings. The average molecular weight is 242 g/mol. The minimum atomic E-state index is -0.103. The summed E-state index contributed by atoms with van der Waals surface area (Å²) >= 11 is 0. The van der Waals surface area contributed by atoms with Gasteiger partial charge in [-0.2, -0.15) is 0 Å². The molecule has 0 aromatic carbocycles. The summed E-state index contributed by atoms with van der Waals surface area (Å²) in [6.07, 6.45) is 4.41. The number of nitrogens with zero attached hydrogens (tertiary/aromatic N) is 1. The summed E-state index contributed by atoms with van der Waals surface area (Å²) < 4.78 is 0. The lowest BCUT2D eigenvalue weighted by molar-refractivity contribution is 0.0456. The zero-order valence-electron chi connectivity index (χ0n) is 11.8. The lowest BCUT2D eigenvalue weighted by Crippen LogP contribution is -2.47. The predicted octanol–water partition coefficient (Wildman–Crippen LogP) is 1.86. The molecule has 3 heteroatoms. The van der Waals surface area contributed by atoms with E-state index in [9.17, 15) is 5.11 Å². The Kier molecular flexibility index (Phi) is 6.45. The van der Waals surface area contributed by atoms with Crippen LogP contribution in [-0.2, 0) is 0 Å². The average Bonchev–Trinajstić information content (AvgIpc) is 2.29. The minimum absolute atomic E-state index is 0.103. The Morgan fingerprint density at radius 2 is 2.18 bits per heavy atom. The van der Waals surface area contributed by atoms with Crippen molar-refractivity contribution in [2.24, 2.45) is 5.41 Å². The van der Waals surface area contributed by atoms with Crippen molar-refractivity contribution < 1.29 is 5.11 Å². The number of piperidine rings is 1. The van der Waals surface area contributed by atoms with E-state index in [1.807, 2.05) is 0 Å². The molecule has 0 bridgehead atoms. The van der Waals surface area contributed by atoms with Crippen molar-refractivity contribution >= 4 is 0 Å². The number of aliphatic hydroxyl groups excluding tert-OH is 1. The number of aliphatic hydroxyl groups is 1. The third-order valence-electron chi connectivity index (χ3n) is 3.92. The minimum Gasteiger partial charge on any atom is -0.392 e. The smallest absolute Gasteiger partial charge is 0.0667 e. The van der Waals surface area contributed by atoms with Crippen molar-refractivity contribution in [2.75, 3.05) is 32.7 Å². The molecule has 2 atom stereocenters. The van der Waals surface area contributed by atoms with Gasteiger partial charge in [-0.05, 0) is 44.2 Å². The molecule has 0 aliphatic carbocycles. The van der Waals surface area contributed by atoms with Gasteiger partial charge < -0.3 is 15.3 Å². The summed E-state index contributed by atoms with van der Waals surface area (Å²) in [6.45, 7) is 12.2. The normalized spacial score (nSPS) is 25.8. The molecular formula is C14H30N2O. The molecule has 102 valence electrons. The highest BCUT2D eigenvalue weighted by molar-refractivity contribution is 4.82. The number of β-amino-alcohol motifs (C(OH)–C–C–N with tert-alkyl or cyclic N) is 1. The molecule has 0 radical (unpaired) electrons. The van der Waals surface area contributed by atoms with Crippen molar-refractivity contribution in [3.8, 4) is 0 Å². The zero-order valence-corrected chi connectivity index (χ0v) is 11.8. The molecule has 2 N–H and O–H groups in total. The van der Waals surface area contributed by atoms with Gasteiger partial charge in [-0.1, -0.05) is 20.8 Å². The first kappa shape index (κ1) is 14.9. The number of hydrogen-bond acceptors (Lipinski definition) is 3. The van der Waals surface area contributed by atoms with Crippen molar-refractivity contribution in [1.82, 2.24) is 10.2 Å². The van der Waals surface area contributed by atoms with Crippen LogP contribution in [0, 0.1) is 5.41 Å². The second kappa shape index (κ2) is 7.34. The van der Waals surface area contributed by atoms with Crippen LogP contribution in [0.25, 0.3) is 0 Å². The molecule has 0 aromatic rings. The number of rotatable bonds is 7. The van der Waals surface area contributed by atoms with E-state index < -0.39 is 0 Å². The third-order valence-corrected chi connectivity index (χ3v) is 3.92. The molecule has 2 unspecified atom stereocenters. The topological polar surface area (TPSA) is 35.5 Å². The molecule has 3 nitrogen and oxygen atoms in total. The van der Waals surface area contributed by atoms with E-state index in [0.29, 0.717) is 5.41 Å². The monoisotopic (exact) mass is 242 g/mol. The van der Waals surface area contributed by atoms with Gasteiger partial charge >= 0.3 is 0 Å². The highest BCUT2D eigenvalue weighted by Gasteiger charge is 2.27. The molecule has 0 saturated carbocycles. The Bertz CT molecular complexity index is 210. The van der Waals surface area contributed by atoms with Gasteiger partial charge in [-0.3, -0.25) is 0 Å². The van der Waals surface area contributed by atoms with Crippen LogP contribution >= 0.6 is 0 Å². The molecular weight excluding hydrogens is 212 g/mol. The van der Waals surface area contributed by atoms with Crippen molar-refractivity contribution in [1.29, 1.82) is 0 Å². The molecule has 0 aromatic heterocycles. The lowest BCUT2D eigenvalue weighted by Gasteiger charge is -2.38. The standard InChI is InChI=1S/C14H30N2O/c1-4-8-15-11-14(3,5-2)12-16-9-6-7-13(17)10-16/h13,15,17H,4-12H2,1-3H3. The van der Waals surface area contributed by atoms with Crippen LogP contribution in [0.1, 0.15) is 46.5 Å². The second-order valence-corrected chi connectivity index (χ2v) is 5.87. The Morgan fingerprint density at radius 3 is 2.76 bits per heavy atom. The third kappa shape index (κ3) is 5.36. The first-order valence-electron chi connectivity index (χ1n) is 7.21. The van der Waals surface area contributed by atoms with Crippen LogP contribution < -0.4 is 5.32 Å². The first-order valence-corrected chi connectivity index (χ1v) is 7.21. The molecule has 0 amide bonds. The number of nitrogens with one attached hydrogen (secondary N) is 1. The van der Waals surface area contributed by atoms with Crippen molar-refractivity contribution in [3.63, 3.8) is 0 Å². The molecule has 0 spiro atoms. The fourth-order valence-corrected chi connectivity index (χ4v) is 2.57. The van der Waals surface area contributed by atoms with E-state index >= 15 is 0 Å². The number of likely N-dealkylation sites (tertiary alicyclic amines) is 1. The van der Waals surface area contributed by atoms with Gasteiger partial charge in [0, 0.05) is 19.6 Å². The van der Waals surface area contributed by atoms with E-state index in [1.165, 1.54) is 12.8 Å². The summed E-state index contributed by atoms with van der Waals surface area (Å²) in [5.74, 6) is 0. The van der Waals surface area contributed by atoms with Gasteiger partial charge in [0.25, 0.3) is 0 Å². The van der Waals surface area contributed by atoms with Gasteiger partial charge in [0.2, 0.25) is 0 Å². The van der Waals surface area contributed by atoms with Crippen LogP contribution in [-0.4, -0.2) is 48.8 Å². The quantitative estimate of drug-likeness (QED) is 0.669. The Hall–Kier alpha value is -0.120. The van der Waals surface area contributed by atoms with E-state index in [-0.39, 0.29) is 6.10 Å². The zero-order chi connectivity index (χ0) is 12.7. The summed E-state index contributed by atoms with van der Waals surface area (Å²) in [5, 5.41) is 13.2. The Labute approximate surface area is 107 Å². The fraction of sp³-hybridized carbons (Fsp3) is 1.00. The SMILES string of the molecule is CCCNCC(C)(CC)CN1CCCC(O)C1. The molecule has 17 heavy (non-hydrogen) atoms. The maximum atomic E-state index is 9.71. The molecule has 1 aliphatic rings. The van der Waals surface area contributed by atoms with Crippen LogP contribution in [0.4, 0.5) is 0 Å². The molecule has 1 aliphatic heterocycles. The highest BCUT2D eigenvalue weighted by atomic mass is 16.3. The fourth-order valence-electron chi connectivity index (χ4n) is 2.57. The predicted molar refractivity (Wildman–Crippen MR) is 73.2 cm³/mol. The van der Waals surface area contributed by atoms with Crippen LogP contribution in [0.2, 0.25) is 0 Å².